The first-order valence-corrected chi connectivity index (χ1v) is 10.3. The van der Waals surface area contributed by atoms with E-state index in [2.05, 4.69) is 39.6 Å². The van der Waals surface area contributed by atoms with E-state index in [9.17, 15) is 8.42 Å². The number of sulfone groups is 1. The highest BCUT2D eigenvalue weighted by Crippen LogP contribution is 2.23. The molecule has 134 valence electrons. The first-order valence-electron chi connectivity index (χ1n) is 8.47. The monoisotopic (exact) mass is 361 g/mol. The molecule has 1 aliphatic rings. The third kappa shape index (κ3) is 4.25. The van der Waals surface area contributed by atoms with E-state index in [1.54, 1.807) is 6.20 Å². The molecular weight excluding hydrogens is 338 g/mol. The van der Waals surface area contributed by atoms with Gasteiger partial charge in [0, 0.05) is 18.6 Å². The smallest absolute Gasteiger partial charge is 0.247 e. The Morgan fingerprint density at radius 1 is 1.32 bits per heavy atom. The lowest BCUT2D eigenvalue weighted by Crippen LogP contribution is -2.37. The molecule has 1 aromatic heterocycles. The fourth-order valence-electron chi connectivity index (χ4n) is 3.12. The molecule has 8 heteroatoms. The minimum atomic E-state index is -2.96. The lowest BCUT2D eigenvalue weighted by molar-refractivity contribution is 0.598. The Bertz CT molecular complexity index is 813. The predicted molar refractivity (Wildman–Crippen MR) is 98.4 cm³/mol. The summed E-state index contributed by atoms with van der Waals surface area (Å²) in [4.78, 5) is 6.47. The molecule has 0 aliphatic carbocycles. The Hall–Kier alpha value is -2.22. The van der Waals surface area contributed by atoms with Crippen LogP contribution in [0.2, 0.25) is 0 Å². The fraction of sp³-hybridized carbons (Fsp3) is 0.471. The average molecular weight is 361 g/mol. The quantitative estimate of drug-likeness (QED) is 0.842. The number of anilines is 2. The predicted octanol–water partition coefficient (Wildman–Crippen LogP) is 2.06. The third-order valence-corrected chi connectivity index (χ3v) is 6.21. The Balaban J connectivity index is 1.76. The highest BCUT2D eigenvalue weighted by molar-refractivity contribution is 7.91. The molecule has 25 heavy (non-hydrogen) atoms. The highest BCUT2D eigenvalue weighted by atomic mass is 32.2. The van der Waals surface area contributed by atoms with Crippen LogP contribution in [0.3, 0.4) is 0 Å². The third-order valence-electron chi connectivity index (χ3n) is 4.46. The number of rotatable bonds is 6. The summed E-state index contributed by atoms with van der Waals surface area (Å²) in [5.41, 5.74) is 1.15. The van der Waals surface area contributed by atoms with E-state index in [1.165, 1.54) is 0 Å². The zero-order valence-electron chi connectivity index (χ0n) is 14.5. The highest BCUT2D eigenvalue weighted by Gasteiger charge is 2.33. The number of hydrogen-bond acceptors (Lipinski definition) is 7. The van der Waals surface area contributed by atoms with Gasteiger partial charge in [-0.1, -0.05) is 30.3 Å². The van der Waals surface area contributed by atoms with Gasteiger partial charge in [0.05, 0.1) is 17.7 Å². The number of nitrogens with one attached hydrogen (secondary N) is 1. The molecule has 0 saturated carbocycles. The summed E-state index contributed by atoms with van der Waals surface area (Å²) >= 11 is 0. The summed E-state index contributed by atoms with van der Waals surface area (Å²) in [5.74, 6) is 1.47. The van der Waals surface area contributed by atoms with Crippen molar-refractivity contribution >= 4 is 21.6 Å². The zero-order chi connectivity index (χ0) is 17.9. The van der Waals surface area contributed by atoms with Crippen LogP contribution < -0.4 is 10.2 Å². The number of aromatic nitrogens is 3. The number of hydrogen-bond donors (Lipinski definition) is 1. The van der Waals surface area contributed by atoms with Crippen molar-refractivity contribution in [3.63, 3.8) is 0 Å². The SMILES string of the molecule is CCN(c1nncc(NC(C)c2ccccc2)n1)C1CCS(=O)(=O)C1. The zero-order valence-corrected chi connectivity index (χ0v) is 15.3. The van der Waals surface area contributed by atoms with Crippen molar-refractivity contribution in [1.82, 2.24) is 15.2 Å². The van der Waals surface area contributed by atoms with Crippen LogP contribution in [0.15, 0.2) is 36.5 Å². The number of nitrogens with zero attached hydrogens (tertiary/aromatic N) is 4. The van der Waals surface area contributed by atoms with Crippen LogP contribution in [0.1, 0.15) is 31.9 Å². The lowest BCUT2D eigenvalue weighted by Gasteiger charge is -2.26. The lowest BCUT2D eigenvalue weighted by atomic mass is 10.1. The largest absolute Gasteiger partial charge is 0.362 e. The van der Waals surface area contributed by atoms with Gasteiger partial charge in [0.2, 0.25) is 5.95 Å². The Morgan fingerprint density at radius 2 is 2.08 bits per heavy atom. The van der Waals surface area contributed by atoms with Gasteiger partial charge in [-0.2, -0.15) is 10.1 Å². The maximum Gasteiger partial charge on any atom is 0.247 e. The molecule has 1 aliphatic heterocycles. The molecule has 1 saturated heterocycles. The summed E-state index contributed by atoms with van der Waals surface area (Å²) < 4.78 is 23.5. The summed E-state index contributed by atoms with van der Waals surface area (Å²) in [6.45, 7) is 4.67. The minimum Gasteiger partial charge on any atom is -0.362 e. The molecule has 2 unspecified atom stereocenters. The molecule has 1 fully saturated rings. The molecule has 0 spiro atoms. The van der Waals surface area contributed by atoms with E-state index in [1.807, 2.05) is 30.0 Å². The molecule has 2 aromatic rings. The maximum absolute atomic E-state index is 11.8. The van der Waals surface area contributed by atoms with Crippen molar-refractivity contribution in [1.29, 1.82) is 0 Å². The molecular formula is C17H23N5O2S. The van der Waals surface area contributed by atoms with Crippen molar-refractivity contribution in [2.45, 2.75) is 32.4 Å². The average Bonchev–Trinajstić information content (AvgIpc) is 2.96. The van der Waals surface area contributed by atoms with E-state index in [0.29, 0.717) is 24.7 Å². The standard InChI is InChI=1S/C17H23N5O2S/c1-3-22(15-9-10-25(23,24)12-15)17-20-16(11-18-21-17)19-13(2)14-7-5-4-6-8-14/h4-8,11,13,15H,3,9-10,12H2,1-2H3,(H,19,20,21). The van der Waals surface area contributed by atoms with Gasteiger partial charge in [-0.15, -0.1) is 5.10 Å². The second kappa shape index (κ2) is 7.35. The van der Waals surface area contributed by atoms with Crippen molar-refractivity contribution in [3.05, 3.63) is 42.1 Å². The molecule has 0 amide bonds. The first-order chi connectivity index (χ1) is 12.0. The molecule has 0 bridgehead atoms. The minimum absolute atomic E-state index is 0.0766. The fourth-order valence-corrected chi connectivity index (χ4v) is 4.85. The van der Waals surface area contributed by atoms with Crippen molar-refractivity contribution in [2.24, 2.45) is 0 Å². The number of benzene rings is 1. The summed E-state index contributed by atoms with van der Waals surface area (Å²) in [5, 5.41) is 11.5. The molecule has 2 heterocycles. The van der Waals surface area contributed by atoms with E-state index in [0.717, 1.165) is 5.56 Å². The maximum atomic E-state index is 11.8. The van der Waals surface area contributed by atoms with Crippen LogP contribution in [0.5, 0.6) is 0 Å². The molecule has 1 aromatic carbocycles. The summed E-state index contributed by atoms with van der Waals surface area (Å²) in [6, 6.07) is 10.1. The normalized spacial score (nSPS) is 20.2. The van der Waals surface area contributed by atoms with Gasteiger partial charge in [0.15, 0.2) is 15.7 Å². The van der Waals surface area contributed by atoms with Gasteiger partial charge in [0.25, 0.3) is 0 Å². The van der Waals surface area contributed by atoms with Crippen LogP contribution in [-0.2, 0) is 9.84 Å². The van der Waals surface area contributed by atoms with Crippen LogP contribution in [-0.4, -0.2) is 47.7 Å². The van der Waals surface area contributed by atoms with Gasteiger partial charge >= 0.3 is 0 Å². The molecule has 2 atom stereocenters. The van der Waals surface area contributed by atoms with Crippen LogP contribution in [0.25, 0.3) is 0 Å². The van der Waals surface area contributed by atoms with Crippen LogP contribution >= 0.6 is 0 Å². The van der Waals surface area contributed by atoms with Gasteiger partial charge < -0.3 is 10.2 Å². The van der Waals surface area contributed by atoms with Crippen molar-refractivity contribution in [2.75, 3.05) is 28.3 Å². The van der Waals surface area contributed by atoms with E-state index in [-0.39, 0.29) is 23.6 Å². The van der Waals surface area contributed by atoms with Crippen molar-refractivity contribution in [3.8, 4) is 0 Å². The van der Waals surface area contributed by atoms with Crippen LogP contribution in [0, 0.1) is 0 Å². The molecule has 0 radical (unpaired) electrons. The summed E-state index contributed by atoms with van der Waals surface area (Å²) in [6.07, 6.45) is 2.19. The van der Waals surface area contributed by atoms with Crippen molar-refractivity contribution < 1.29 is 8.42 Å². The second-order valence-corrected chi connectivity index (χ2v) is 8.49. The van der Waals surface area contributed by atoms with Gasteiger partial charge in [0.1, 0.15) is 0 Å². The Morgan fingerprint density at radius 3 is 2.72 bits per heavy atom. The molecule has 3 rings (SSSR count). The Labute approximate surface area is 148 Å². The molecule has 7 nitrogen and oxygen atoms in total. The van der Waals surface area contributed by atoms with Gasteiger partial charge in [-0.05, 0) is 25.8 Å². The van der Waals surface area contributed by atoms with E-state index >= 15 is 0 Å². The van der Waals surface area contributed by atoms with Gasteiger partial charge in [-0.3, -0.25) is 0 Å². The first kappa shape index (κ1) is 17.6. The second-order valence-electron chi connectivity index (χ2n) is 6.26. The topological polar surface area (TPSA) is 88.1 Å². The molecule has 1 N–H and O–H groups in total. The van der Waals surface area contributed by atoms with Gasteiger partial charge in [-0.25, -0.2) is 8.42 Å². The Kier molecular flexibility index (Phi) is 5.17. The summed E-state index contributed by atoms with van der Waals surface area (Å²) in [7, 11) is -2.96. The van der Waals surface area contributed by atoms with E-state index < -0.39 is 9.84 Å². The van der Waals surface area contributed by atoms with E-state index in [4.69, 9.17) is 0 Å². The van der Waals surface area contributed by atoms with Crippen LogP contribution in [0.4, 0.5) is 11.8 Å².